The van der Waals surface area contributed by atoms with Crippen LogP contribution < -0.4 is 4.72 Å². The van der Waals surface area contributed by atoms with Crippen molar-refractivity contribution in [3.8, 4) is 6.07 Å². The molecule has 19 heavy (non-hydrogen) atoms. The lowest BCUT2D eigenvalue weighted by Crippen LogP contribution is -2.15. The molecule has 6 nitrogen and oxygen atoms in total. The van der Waals surface area contributed by atoms with Gasteiger partial charge < -0.3 is 0 Å². The van der Waals surface area contributed by atoms with Crippen molar-refractivity contribution in [1.29, 1.82) is 5.26 Å². The van der Waals surface area contributed by atoms with Crippen LogP contribution in [0.25, 0.3) is 0 Å². The van der Waals surface area contributed by atoms with Crippen LogP contribution in [-0.4, -0.2) is 18.2 Å². The lowest BCUT2D eigenvalue weighted by molar-refractivity contribution is 0.600. The van der Waals surface area contributed by atoms with Crippen LogP contribution in [0.2, 0.25) is 0 Å². The number of sulfonamides is 1. The number of nitrogens with one attached hydrogen (secondary N) is 1. The van der Waals surface area contributed by atoms with Gasteiger partial charge in [-0.25, -0.2) is 8.42 Å². The molecule has 2 rings (SSSR count). The standard InChI is InChI=1S/C12H12N4O2S/c1-16-12(7-9-14-16)15-19(17,18)11-4-2-10(3-5-11)6-8-13/h2-5,7,9,15H,6H2,1H3. The highest BCUT2D eigenvalue weighted by molar-refractivity contribution is 7.92. The first-order chi connectivity index (χ1) is 9.03. The maximum absolute atomic E-state index is 12.1. The predicted molar refractivity (Wildman–Crippen MR) is 69.8 cm³/mol. The molecule has 0 unspecified atom stereocenters. The first-order valence-corrected chi connectivity index (χ1v) is 6.98. The topological polar surface area (TPSA) is 87.8 Å². The zero-order valence-electron chi connectivity index (χ0n) is 10.2. The van der Waals surface area contributed by atoms with Crippen LogP contribution in [0.5, 0.6) is 0 Å². The molecule has 0 bridgehead atoms. The van der Waals surface area contributed by atoms with Crippen LogP contribution in [0.4, 0.5) is 5.82 Å². The summed E-state index contributed by atoms with van der Waals surface area (Å²) in [4.78, 5) is 0.149. The minimum Gasteiger partial charge on any atom is -0.264 e. The molecule has 0 fully saturated rings. The smallest absolute Gasteiger partial charge is 0.263 e. The molecule has 0 atom stereocenters. The van der Waals surface area contributed by atoms with E-state index >= 15 is 0 Å². The van der Waals surface area contributed by atoms with E-state index in [9.17, 15) is 8.42 Å². The molecule has 0 aliphatic rings. The maximum atomic E-state index is 12.1. The SMILES string of the molecule is Cn1nccc1NS(=O)(=O)c1ccc(CC#N)cc1. The van der Waals surface area contributed by atoms with E-state index < -0.39 is 10.0 Å². The first-order valence-electron chi connectivity index (χ1n) is 5.49. The summed E-state index contributed by atoms with van der Waals surface area (Å²) in [6.45, 7) is 0. The third-order valence-electron chi connectivity index (χ3n) is 2.58. The van der Waals surface area contributed by atoms with Crippen LogP contribution in [-0.2, 0) is 23.5 Å². The molecule has 0 aliphatic carbocycles. The summed E-state index contributed by atoms with van der Waals surface area (Å²) < 4.78 is 28.1. The fourth-order valence-corrected chi connectivity index (χ4v) is 2.64. The Kier molecular flexibility index (Phi) is 3.53. The van der Waals surface area contributed by atoms with E-state index in [1.165, 1.54) is 23.0 Å². The Bertz CT molecular complexity index is 711. The van der Waals surface area contributed by atoms with Crippen molar-refractivity contribution >= 4 is 15.8 Å². The summed E-state index contributed by atoms with van der Waals surface area (Å²) >= 11 is 0. The molecule has 7 heteroatoms. The summed E-state index contributed by atoms with van der Waals surface area (Å²) in [6, 6.07) is 9.79. The van der Waals surface area contributed by atoms with Gasteiger partial charge in [-0.3, -0.25) is 9.40 Å². The molecular weight excluding hydrogens is 264 g/mol. The Labute approximate surface area is 111 Å². The average Bonchev–Trinajstić information content (AvgIpc) is 2.75. The molecule has 2 aromatic rings. The molecule has 0 amide bonds. The van der Waals surface area contributed by atoms with Crippen molar-refractivity contribution in [3.63, 3.8) is 0 Å². The number of aromatic nitrogens is 2. The van der Waals surface area contributed by atoms with Crippen LogP contribution in [0.3, 0.4) is 0 Å². The molecule has 0 saturated heterocycles. The Morgan fingerprint density at radius 2 is 2.00 bits per heavy atom. The van der Waals surface area contributed by atoms with E-state index in [0.29, 0.717) is 5.82 Å². The number of hydrogen-bond donors (Lipinski definition) is 1. The summed E-state index contributed by atoms with van der Waals surface area (Å²) in [5.74, 6) is 0.390. The summed E-state index contributed by atoms with van der Waals surface area (Å²) in [6.07, 6.45) is 1.77. The number of rotatable bonds is 4. The Balaban J connectivity index is 2.25. The Morgan fingerprint density at radius 1 is 1.32 bits per heavy atom. The molecule has 0 radical (unpaired) electrons. The van der Waals surface area contributed by atoms with E-state index in [4.69, 9.17) is 5.26 Å². The number of hydrogen-bond acceptors (Lipinski definition) is 4. The third kappa shape index (κ3) is 2.92. The van der Waals surface area contributed by atoms with E-state index in [1.807, 2.05) is 6.07 Å². The molecule has 1 aromatic heterocycles. The van der Waals surface area contributed by atoms with Gasteiger partial charge in [-0.05, 0) is 17.7 Å². The van der Waals surface area contributed by atoms with Gasteiger partial charge in [0.25, 0.3) is 10.0 Å². The van der Waals surface area contributed by atoms with Crippen molar-refractivity contribution in [1.82, 2.24) is 9.78 Å². The molecular formula is C12H12N4O2S. The first kappa shape index (κ1) is 13.1. The van der Waals surface area contributed by atoms with E-state index in [1.54, 1.807) is 25.2 Å². The van der Waals surface area contributed by atoms with Gasteiger partial charge in [0.15, 0.2) is 0 Å². The number of nitriles is 1. The number of aryl methyl sites for hydroxylation is 1. The average molecular weight is 276 g/mol. The van der Waals surface area contributed by atoms with Gasteiger partial charge in [-0.15, -0.1) is 0 Å². The van der Waals surface area contributed by atoms with Crippen LogP contribution in [0.15, 0.2) is 41.4 Å². The number of nitrogens with zero attached hydrogens (tertiary/aromatic N) is 3. The highest BCUT2D eigenvalue weighted by Gasteiger charge is 2.15. The molecule has 1 heterocycles. The van der Waals surface area contributed by atoms with Gasteiger partial charge in [0.2, 0.25) is 0 Å². The van der Waals surface area contributed by atoms with Gasteiger partial charge in [-0.1, -0.05) is 12.1 Å². The molecule has 0 saturated carbocycles. The van der Waals surface area contributed by atoms with Crippen LogP contribution in [0.1, 0.15) is 5.56 Å². The number of anilines is 1. The fourth-order valence-electron chi connectivity index (χ4n) is 1.55. The van der Waals surface area contributed by atoms with Gasteiger partial charge in [-0.2, -0.15) is 10.4 Å². The lowest BCUT2D eigenvalue weighted by atomic mass is 10.2. The van der Waals surface area contributed by atoms with E-state index in [-0.39, 0.29) is 11.3 Å². The Hall–Kier alpha value is -2.33. The van der Waals surface area contributed by atoms with Gasteiger partial charge in [0, 0.05) is 13.1 Å². The Morgan fingerprint density at radius 3 is 2.53 bits per heavy atom. The predicted octanol–water partition coefficient (Wildman–Crippen LogP) is 1.29. The summed E-state index contributed by atoms with van der Waals surface area (Å²) in [5.41, 5.74) is 0.780. The van der Waals surface area contributed by atoms with E-state index in [0.717, 1.165) is 5.56 Å². The van der Waals surface area contributed by atoms with Gasteiger partial charge in [0.1, 0.15) is 5.82 Å². The highest BCUT2D eigenvalue weighted by Crippen LogP contribution is 2.15. The quantitative estimate of drug-likeness (QED) is 0.911. The molecule has 1 N–H and O–H groups in total. The number of benzene rings is 1. The maximum Gasteiger partial charge on any atom is 0.263 e. The van der Waals surface area contributed by atoms with Crippen molar-refractivity contribution in [2.24, 2.45) is 7.05 Å². The zero-order chi connectivity index (χ0) is 13.9. The second kappa shape index (κ2) is 5.12. The zero-order valence-corrected chi connectivity index (χ0v) is 11.1. The lowest BCUT2D eigenvalue weighted by Gasteiger charge is -2.08. The van der Waals surface area contributed by atoms with Crippen LogP contribution in [0, 0.1) is 11.3 Å². The highest BCUT2D eigenvalue weighted by atomic mass is 32.2. The third-order valence-corrected chi connectivity index (χ3v) is 3.95. The van der Waals surface area contributed by atoms with Crippen molar-refractivity contribution in [3.05, 3.63) is 42.1 Å². The minimum atomic E-state index is -3.63. The minimum absolute atomic E-state index is 0.149. The van der Waals surface area contributed by atoms with Crippen molar-refractivity contribution < 1.29 is 8.42 Å². The molecule has 0 aliphatic heterocycles. The van der Waals surface area contributed by atoms with E-state index in [2.05, 4.69) is 9.82 Å². The second-order valence-electron chi connectivity index (χ2n) is 3.92. The summed E-state index contributed by atoms with van der Waals surface area (Å²) in [5, 5.41) is 12.4. The van der Waals surface area contributed by atoms with Crippen molar-refractivity contribution in [2.75, 3.05) is 4.72 Å². The molecule has 0 spiro atoms. The van der Waals surface area contributed by atoms with Crippen molar-refractivity contribution in [2.45, 2.75) is 11.3 Å². The second-order valence-corrected chi connectivity index (χ2v) is 5.61. The summed E-state index contributed by atoms with van der Waals surface area (Å²) in [7, 11) is -1.98. The van der Waals surface area contributed by atoms with Gasteiger partial charge in [0.05, 0.1) is 23.6 Å². The normalized spacial score (nSPS) is 10.9. The monoisotopic (exact) mass is 276 g/mol. The largest absolute Gasteiger partial charge is 0.264 e. The molecule has 98 valence electrons. The van der Waals surface area contributed by atoms with Crippen LogP contribution >= 0.6 is 0 Å². The molecule has 1 aromatic carbocycles. The fraction of sp³-hybridized carbons (Fsp3) is 0.167. The van der Waals surface area contributed by atoms with Gasteiger partial charge >= 0.3 is 0 Å².